The first kappa shape index (κ1) is 24.1. The number of aromatic nitrogens is 2. The van der Waals surface area contributed by atoms with Gasteiger partial charge in [-0.05, 0) is 48.5 Å². The summed E-state index contributed by atoms with van der Waals surface area (Å²) in [5, 5.41) is 0. The Morgan fingerprint density at radius 3 is 2.30 bits per heavy atom. The fourth-order valence-electron chi connectivity index (χ4n) is 4.02. The Bertz CT molecular complexity index is 1400. The van der Waals surface area contributed by atoms with Crippen LogP contribution in [0.25, 0.3) is 0 Å². The molecule has 37 heavy (non-hydrogen) atoms. The number of carbonyl (C=O) groups is 2. The van der Waals surface area contributed by atoms with Gasteiger partial charge in [0.2, 0.25) is 5.95 Å². The summed E-state index contributed by atoms with van der Waals surface area (Å²) in [6.45, 7) is 0.238. The fraction of sp³-hybridized carbons (Fsp3) is 0.111. The Hall–Kier alpha value is -4.63. The molecular weight excluding hydrogens is 494 g/mol. The molecule has 9 nitrogen and oxygen atoms in total. The van der Waals surface area contributed by atoms with Gasteiger partial charge in [-0.1, -0.05) is 48.0 Å². The molecule has 0 N–H and O–H groups in total. The summed E-state index contributed by atoms with van der Waals surface area (Å²) in [5.74, 6) is 1.10. The summed E-state index contributed by atoms with van der Waals surface area (Å²) in [7, 11) is 1.59. The van der Waals surface area contributed by atoms with E-state index in [2.05, 4.69) is 9.97 Å². The number of ether oxygens (including phenoxy) is 2. The first-order valence-electron chi connectivity index (χ1n) is 11.3. The topological polar surface area (TPSA) is 88.1 Å². The number of nitrogens with zero attached hydrogens (tertiary/aromatic N) is 5. The molecule has 3 amide bonds. The maximum Gasteiger partial charge on any atom is 0.422 e. The number of hydrogen-bond acceptors (Lipinski definition) is 6. The lowest BCUT2D eigenvalue weighted by Gasteiger charge is -2.36. The average Bonchev–Trinajstić information content (AvgIpc) is 2.94. The van der Waals surface area contributed by atoms with E-state index >= 15 is 0 Å². The van der Waals surface area contributed by atoms with Crippen LogP contribution in [0.5, 0.6) is 5.75 Å². The normalized spacial score (nSPS) is 12.6. The second-order valence-electron chi connectivity index (χ2n) is 7.95. The van der Waals surface area contributed by atoms with Crippen LogP contribution in [0.3, 0.4) is 0 Å². The number of hydrogen-bond donors (Lipinski definition) is 0. The number of carbonyl (C=O) groups excluding carboxylic acids is 2. The number of amides is 3. The minimum atomic E-state index is -0.741. The lowest BCUT2D eigenvalue weighted by atomic mass is 10.1. The number of fused-ring (bicyclic) bond motifs is 1. The lowest BCUT2D eigenvalue weighted by molar-refractivity contribution is 0.175. The van der Waals surface area contributed by atoms with E-state index in [1.807, 2.05) is 48.5 Å². The van der Waals surface area contributed by atoms with Crippen LogP contribution in [0.15, 0.2) is 91.1 Å². The van der Waals surface area contributed by atoms with E-state index in [-0.39, 0.29) is 24.6 Å². The molecule has 1 aromatic heterocycles. The van der Waals surface area contributed by atoms with E-state index in [0.29, 0.717) is 34.2 Å². The number of anilines is 5. The molecule has 186 valence electrons. The molecule has 0 saturated carbocycles. The van der Waals surface area contributed by atoms with Crippen molar-refractivity contribution in [3.8, 4) is 5.75 Å². The molecule has 0 atom stereocenters. The number of alkyl halides is 1. The Balaban J connectivity index is 1.62. The highest BCUT2D eigenvalue weighted by Gasteiger charge is 2.35. The van der Waals surface area contributed by atoms with Crippen LogP contribution >= 0.6 is 11.6 Å². The van der Waals surface area contributed by atoms with E-state index in [4.69, 9.17) is 21.1 Å². The SMILES string of the molecule is COc1ccc(N2Cc3cnc(N(C(=O)OCCl)c4ccccc4)nc3N(c3ccccc3)C2=O)cc1. The third-order valence-corrected chi connectivity index (χ3v) is 5.87. The van der Waals surface area contributed by atoms with Crippen molar-refractivity contribution in [2.45, 2.75) is 6.54 Å². The summed E-state index contributed by atoms with van der Waals surface area (Å²) in [4.78, 5) is 40.2. The van der Waals surface area contributed by atoms with Crippen LogP contribution in [0, 0.1) is 0 Å². The van der Waals surface area contributed by atoms with Gasteiger partial charge in [0.15, 0.2) is 11.9 Å². The Morgan fingerprint density at radius 1 is 0.973 bits per heavy atom. The summed E-state index contributed by atoms with van der Waals surface area (Å²) < 4.78 is 10.3. The van der Waals surface area contributed by atoms with Crippen LogP contribution in [-0.4, -0.2) is 35.3 Å². The Labute approximate surface area is 218 Å². The number of para-hydroxylation sites is 2. The molecule has 3 aromatic carbocycles. The first-order chi connectivity index (χ1) is 18.1. The van der Waals surface area contributed by atoms with Crippen molar-refractivity contribution in [3.63, 3.8) is 0 Å². The molecule has 0 fully saturated rings. The standard InChI is InChI=1S/C27H22ClN5O4/c1-36-23-14-12-20(13-15-23)31-17-19-16-29-25(33(27(35)37-18-28)22-10-6-3-7-11-22)30-24(19)32(26(31)34)21-8-4-2-5-9-21/h2-16H,17-18H2,1H3. The number of methoxy groups -OCH3 is 1. The van der Waals surface area contributed by atoms with E-state index in [0.717, 1.165) is 0 Å². The lowest BCUT2D eigenvalue weighted by Crippen LogP contribution is -2.45. The smallest absolute Gasteiger partial charge is 0.422 e. The number of benzene rings is 3. The Kier molecular flexibility index (Phi) is 6.87. The van der Waals surface area contributed by atoms with Crippen molar-refractivity contribution in [1.82, 2.24) is 9.97 Å². The van der Waals surface area contributed by atoms with Crippen LogP contribution in [0.2, 0.25) is 0 Å². The minimum Gasteiger partial charge on any atom is -0.497 e. The highest BCUT2D eigenvalue weighted by Crippen LogP contribution is 2.37. The van der Waals surface area contributed by atoms with E-state index in [1.165, 1.54) is 9.80 Å². The third kappa shape index (κ3) is 4.76. The predicted octanol–water partition coefficient (Wildman–Crippen LogP) is 6.23. The summed E-state index contributed by atoms with van der Waals surface area (Å²) >= 11 is 5.67. The van der Waals surface area contributed by atoms with Crippen molar-refractivity contribution in [1.29, 1.82) is 0 Å². The summed E-state index contributed by atoms with van der Waals surface area (Å²) in [5.41, 5.74) is 2.50. The molecule has 0 bridgehead atoms. The van der Waals surface area contributed by atoms with Gasteiger partial charge in [-0.3, -0.25) is 4.90 Å². The molecule has 0 unspecified atom stereocenters. The minimum absolute atomic E-state index is 0.0479. The largest absolute Gasteiger partial charge is 0.497 e. The number of urea groups is 1. The van der Waals surface area contributed by atoms with Crippen molar-refractivity contribution in [2.24, 2.45) is 0 Å². The van der Waals surface area contributed by atoms with Crippen LogP contribution < -0.4 is 19.4 Å². The maximum absolute atomic E-state index is 13.9. The second kappa shape index (κ2) is 10.5. The number of rotatable bonds is 6. The zero-order valence-electron chi connectivity index (χ0n) is 19.8. The summed E-state index contributed by atoms with van der Waals surface area (Å²) in [6, 6.07) is 24.6. The van der Waals surface area contributed by atoms with E-state index in [9.17, 15) is 9.59 Å². The van der Waals surface area contributed by atoms with Gasteiger partial charge >= 0.3 is 12.1 Å². The van der Waals surface area contributed by atoms with E-state index < -0.39 is 6.09 Å². The highest BCUT2D eigenvalue weighted by atomic mass is 35.5. The molecule has 0 spiro atoms. The number of halogens is 1. The molecular formula is C27H22ClN5O4. The monoisotopic (exact) mass is 515 g/mol. The van der Waals surface area contributed by atoms with Gasteiger partial charge in [0.25, 0.3) is 0 Å². The summed E-state index contributed by atoms with van der Waals surface area (Å²) in [6.07, 6.45) is 0.870. The van der Waals surface area contributed by atoms with Crippen molar-refractivity contribution >= 4 is 52.6 Å². The third-order valence-electron chi connectivity index (χ3n) is 5.76. The molecule has 0 saturated heterocycles. The van der Waals surface area contributed by atoms with Gasteiger partial charge in [0.1, 0.15) is 5.75 Å². The molecule has 5 rings (SSSR count). The average molecular weight is 516 g/mol. The Morgan fingerprint density at radius 2 is 1.65 bits per heavy atom. The van der Waals surface area contributed by atoms with Gasteiger partial charge in [-0.25, -0.2) is 24.4 Å². The predicted molar refractivity (Wildman–Crippen MR) is 141 cm³/mol. The molecule has 0 aliphatic carbocycles. The van der Waals surface area contributed by atoms with Gasteiger partial charge in [0.05, 0.1) is 25.0 Å². The van der Waals surface area contributed by atoms with Crippen molar-refractivity contribution in [3.05, 3.63) is 96.7 Å². The molecule has 10 heteroatoms. The van der Waals surface area contributed by atoms with Crippen LogP contribution in [0.1, 0.15) is 5.56 Å². The van der Waals surface area contributed by atoms with Gasteiger partial charge in [0, 0.05) is 17.4 Å². The molecule has 2 heterocycles. The van der Waals surface area contributed by atoms with Crippen molar-refractivity contribution in [2.75, 3.05) is 27.9 Å². The first-order valence-corrected chi connectivity index (χ1v) is 11.9. The van der Waals surface area contributed by atoms with Crippen LogP contribution in [0.4, 0.5) is 38.4 Å². The fourth-order valence-corrected chi connectivity index (χ4v) is 4.11. The zero-order chi connectivity index (χ0) is 25.8. The molecule has 0 radical (unpaired) electrons. The van der Waals surface area contributed by atoms with Gasteiger partial charge < -0.3 is 9.47 Å². The maximum atomic E-state index is 13.9. The van der Waals surface area contributed by atoms with Gasteiger partial charge in [-0.2, -0.15) is 4.98 Å². The highest BCUT2D eigenvalue weighted by molar-refractivity contribution is 6.17. The van der Waals surface area contributed by atoms with E-state index in [1.54, 1.807) is 54.6 Å². The molecule has 4 aromatic rings. The second-order valence-corrected chi connectivity index (χ2v) is 8.17. The quantitative estimate of drug-likeness (QED) is 0.283. The zero-order valence-corrected chi connectivity index (χ0v) is 20.6. The van der Waals surface area contributed by atoms with Gasteiger partial charge in [-0.15, -0.1) is 0 Å². The van der Waals surface area contributed by atoms with Crippen LogP contribution in [-0.2, 0) is 11.3 Å². The molecule has 1 aliphatic rings. The van der Waals surface area contributed by atoms with Crippen molar-refractivity contribution < 1.29 is 19.1 Å². The molecule has 1 aliphatic heterocycles.